The number of fused-ring (bicyclic) bond motifs is 3. The third kappa shape index (κ3) is 2.69. The van der Waals surface area contributed by atoms with Crippen LogP contribution in [-0.4, -0.2) is 31.6 Å². The van der Waals surface area contributed by atoms with E-state index in [2.05, 4.69) is 37.7 Å². The maximum atomic E-state index is 10.6. The van der Waals surface area contributed by atoms with E-state index in [1.165, 1.54) is 0 Å². The Morgan fingerprint density at radius 3 is 2.55 bits per heavy atom. The molecule has 29 heavy (non-hydrogen) atoms. The van der Waals surface area contributed by atoms with E-state index >= 15 is 0 Å². The van der Waals surface area contributed by atoms with Gasteiger partial charge in [-0.3, -0.25) is 0 Å². The number of hydrogen-bond donors (Lipinski definition) is 3. The molecule has 0 saturated heterocycles. The minimum absolute atomic E-state index is 0.0403. The van der Waals surface area contributed by atoms with E-state index in [0.29, 0.717) is 23.9 Å². The number of nitrogens with one attached hydrogen (secondary N) is 2. The first-order valence-corrected chi connectivity index (χ1v) is 10.3. The van der Waals surface area contributed by atoms with Gasteiger partial charge in [-0.05, 0) is 37.1 Å². The lowest BCUT2D eigenvalue weighted by molar-refractivity contribution is 0.337. The molecule has 2 aromatic carbocycles. The topological polar surface area (TPSA) is 86.8 Å². The van der Waals surface area contributed by atoms with Crippen molar-refractivity contribution in [3.05, 3.63) is 35.7 Å². The molecule has 0 spiro atoms. The zero-order chi connectivity index (χ0) is 20.3. The number of aromatic nitrogens is 4. The number of ether oxygens (including phenoxy) is 1. The molecule has 1 atom stereocenters. The summed E-state index contributed by atoms with van der Waals surface area (Å²) in [5.41, 5.74) is 5.37. The molecule has 2 aromatic heterocycles. The maximum Gasteiger partial charge on any atom is 0.142 e. The molecule has 3 N–H and O–H groups in total. The van der Waals surface area contributed by atoms with Crippen LogP contribution in [-0.2, 0) is 5.41 Å². The fraction of sp³-hybridized carbons (Fsp3) is 0.391. The van der Waals surface area contributed by atoms with Crippen LogP contribution < -0.4 is 4.74 Å². The van der Waals surface area contributed by atoms with Crippen molar-refractivity contribution < 1.29 is 9.84 Å². The lowest BCUT2D eigenvalue weighted by Crippen LogP contribution is -2.21. The molecule has 3 heterocycles. The standard InChI is InChI=1S/C23H26N4O2/c1-5-23(4,6-2)22-26-17-9-15-16(10-18(17)27-22)25-21(24-15)14-8-20-13(7-19(14)28)12(3)11-29-20/h7-10,12,28H,5-6,11H2,1-4H3,(H,24,25)(H,26,27). The first-order chi connectivity index (χ1) is 13.9. The van der Waals surface area contributed by atoms with Crippen molar-refractivity contribution in [2.45, 2.75) is 51.9 Å². The Balaban J connectivity index is 1.60. The lowest BCUT2D eigenvalue weighted by atomic mass is 9.84. The Kier molecular flexibility index (Phi) is 3.88. The van der Waals surface area contributed by atoms with E-state index in [0.717, 1.165) is 52.0 Å². The van der Waals surface area contributed by atoms with Gasteiger partial charge >= 0.3 is 0 Å². The molecule has 4 aromatic rings. The highest BCUT2D eigenvalue weighted by atomic mass is 16.5. The van der Waals surface area contributed by atoms with Crippen LogP contribution in [0.4, 0.5) is 0 Å². The summed E-state index contributed by atoms with van der Waals surface area (Å²) >= 11 is 0. The zero-order valence-corrected chi connectivity index (χ0v) is 17.3. The monoisotopic (exact) mass is 390 g/mol. The number of hydrogen-bond acceptors (Lipinski definition) is 4. The molecular formula is C23H26N4O2. The van der Waals surface area contributed by atoms with Gasteiger partial charge in [0.2, 0.25) is 0 Å². The van der Waals surface area contributed by atoms with Gasteiger partial charge in [0.25, 0.3) is 0 Å². The van der Waals surface area contributed by atoms with E-state index in [1.807, 2.05) is 18.2 Å². The molecule has 0 aliphatic carbocycles. The molecule has 150 valence electrons. The summed E-state index contributed by atoms with van der Waals surface area (Å²) in [6, 6.07) is 7.72. The number of aromatic amines is 2. The maximum absolute atomic E-state index is 10.6. The second kappa shape index (κ2) is 6.24. The van der Waals surface area contributed by atoms with Gasteiger partial charge in [0.05, 0.1) is 34.2 Å². The summed E-state index contributed by atoms with van der Waals surface area (Å²) in [6.07, 6.45) is 2.06. The second-order valence-corrected chi connectivity index (χ2v) is 8.44. The van der Waals surface area contributed by atoms with Crippen molar-refractivity contribution in [2.75, 3.05) is 6.61 Å². The van der Waals surface area contributed by atoms with Crippen molar-refractivity contribution in [3.8, 4) is 22.9 Å². The van der Waals surface area contributed by atoms with Crippen molar-refractivity contribution >= 4 is 22.1 Å². The van der Waals surface area contributed by atoms with Crippen molar-refractivity contribution in [1.29, 1.82) is 0 Å². The number of H-pyrrole nitrogens is 2. The third-order valence-electron chi connectivity index (χ3n) is 6.62. The molecule has 0 fully saturated rings. The van der Waals surface area contributed by atoms with E-state index in [1.54, 1.807) is 6.07 Å². The van der Waals surface area contributed by atoms with Gasteiger partial charge in [-0.15, -0.1) is 0 Å². The summed E-state index contributed by atoms with van der Waals surface area (Å²) < 4.78 is 5.75. The Bertz CT molecular complexity index is 1180. The van der Waals surface area contributed by atoms with Gasteiger partial charge < -0.3 is 19.8 Å². The third-order valence-corrected chi connectivity index (χ3v) is 6.62. The molecule has 1 aliphatic rings. The van der Waals surface area contributed by atoms with Crippen molar-refractivity contribution in [1.82, 2.24) is 19.9 Å². The lowest BCUT2D eigenvalue weighted by Gasteiger charge is -2.23. The Morgan fingerprint density at radius 2 is 1.79 bits per heavy atom. The number of rotatable bonds is 4. The highest BCUT2D eigenvalue weighted by Crippen LogP contribution is 2.41. The Hall–Kier alpha value is -3.02. The molecule has 1 unspecified atom stereocenters. The van der Waals surface area contributed by atoms with Crippen LogP contribution in [0.3, 0.4) is 0 Å². The molecule has 6 nitrogen and oxygen atoms in total. The fourth-order valence-electron chi connectivity index (χ4n) is 4.10. The smallest absolute Gasteiger partial charge is 0.142 e. The molecule has 6 heteroatoms. The minimum atomic E-state index is 0.0403. The van der Waals surface area contributed by atoms with E-state index in [-0.39, 0.29) is 11.2 Å². The van der Waals surface area contributed by atoms with Gasteiger partial charge in [-0.25, -0.2) is 9.97 Å². The van der Waals surface area contributed by atoms with Crippen LogP contribution in [0.1, 0.15) is 57.8 Å². The number of nitrogens with zero attached hydrogens (tertiary/aromatic N) is 2. The molecule has 0 bridgehead atoms. The van der Waals surface area contributed by atoms with Crippen LogP contribution in [0.25, 0.3) is 33.5 Å². The number of phenolic OH excluding ortho intramolecular Hbond substituents is 1. The quantitative estimate of drug-likeness (QED) is 0.436. The van der Waals surface area contributed by atoms with E-state index in [9.17, 15) is 5.11 Å². The molecule has 0 amide bonds. The Morgan fingerprint density at radius 1 is 1.07 bits per heavy atom. The predicted octanol–water partition coefficient (Wildman–Crippen LogP) is 5.39. The normalized spacial score (nSPS) is 16.5. The average molecular weight is 390 g/mol. The first-order valence-electron chi connectivity index (χ1n) is 10.3. The summed E-state index contributed by atoms with van der Waals surface area (Å²) in [4.78, 5) is 16.4. The van der Waals surface area contributed by atoms with Gasteiger partial charge in [0, 0.05) is 16.9 Å². The summed E-state index contributed by atoms with van der Waals surface area (Å²) in [7, 11) is 0. The predicted molar refractivity (Wildman–Crippen MR) is 115 cm³/mol. The zero-order valence-electron chi connectivity index (χ0n) is 17.3. The van der Waals surface area contributed by atoms with Gasteiger partial charge in [-0.1, -0.05) is 27.7 Å². The van der Waals surface area contributed by atoms with Crippen LogP contribution >= 0.6 is 0 Å². The van der Waals surface area contributed by atoms with Gasteiger partial charge in [0.15, 0.2) is 0 Å². The fourth-order valence-corrected chi connectivity index (χ4v) is 4.10. The summed E-state index contributed by atoms with van der Waals surface area (Å²) in [5.74, 6) is 2.98. The molecule has 0 radical (unpaired) electrons. The summed E-state index contributed by atoms with van der Waals surface area (Å²) in [5, 5.41) is 10.6. The molecule has 0 saturated carbocycles. The SMILES string of the molecule is CCC(C)(CC)c1nc2cc3nc(-c4cc5c(cc4O)C(C)CO5)[nH]c3cc2[nH]1. The molecule has 1 aliphatic heterocycles. The minimum Gasteiger partial charge on any atom is -0.507 e. The van der Waals surface area contributed by atoms with Gasteiger partial charge in [-0.2, -0.15) is 0 Å². The van der Waals surface area contributed by atoms with Crippen LogP contribution in [0.5, 0.6) is 11.5 Å². The average Bonchev–Trinajstić information content (AvgIpc) is 3.41. The van der Waals surface area contributed by atoms with Gasteiger partial charge in [0.1, 0.15) is 23.1 Å². The van der Waals surface area contributed by atoms with Crippen LogP contribution in [0.2, 0.25) is 0 Å². The van der Waals surface area contributed by atoms with E-state index < -0.39 is 0 Å². The number of imidazole rings is 2. The highest BCUT2D eigenvalue weighted by molar-refractivity contribution is 5.93. The molecular weight excluding hydrogens is 364 g/mol. The first kappa shape index (κ1) is 18.0. The summed E-state index contributed by atoms with van der Waals surface area (Å²) in [6.45, 7) is 9.38. The number of phenols is 1. The molecule has 5 rings (SSSR count). The van der Waals surface area contributed by atoms with Crippen molar-refractivity contribution in [3.63, 3.8) is 0 Å². The van der Waals surface area contributed by atoms with Crippen LogP contribution in [0, 0.1) is 0 Å². The van der Waals surface area contributed by atoms with Crippen LogP contribution in [0.15, 0.2) is 24.3 Å². The second-order valence-electron chi connectivity index (χ2n) is 8.44. The largest absolute Gasteiger partial charge is 0.507 e. The number of benzene rings is 2. The van der Waals surface area contributed by atoms with E-state index in [4.69, 9.17) is 14.7 Å². The number of aromatic hydroxyl groups is 1. The van der Waals surface area contributed by atoms with Crippen molar-refractivity contribution in [2.24, 2.45) is 0 Å². The highest BCUT2D eigenvalue weighted by Gasteiger charge is 2.27. The Labute approximate surface area is 169 Å².